The van der Waals surface area contributed by atoms with E-state index in [4.69, 9.17) is 18.6 Å². The number of fused-ring (bicyclic) bond motifs is 1. The predicted molar refractivity (Wildman–Crippen MR) is 127 cm³/mol. The van der Waals surface area contributed by atoms with E-state index < -0.39 is 5.97 Å². The molecule has 0 bridgehead atoms. The second kappa shape index (κ2) is 9.49. The van der Waals surface area contributed by atoms with Gasteiger partial charge in [0.2, 0.25) is 0 Å². The lowest BCUT2D eigenvalue weighted by Crippen LogP contribution is -2.26. The first-order valence-electron chi connectivity index (χ1n) is 11.2. The second-order valence-electron chi connectivity index (χ2n) is 8.16. The Morgan fingerprint density at radius 2 is 1.94 bits per heavy atom. The van der Waals surface area contributed by atoms with Gasteiger partial charge in [0, 0.05) is 30.7 Å². The van der Waals surface area contributed by atoms with Crippen LogP contribution >= 0.6 is 0 Å². The SMILES string of the molecule is COC(=O)c1ccc(-c2cc3nccc(-c4ccc(OC5CCOCC5)c(C#N)c4)c3o2)c(O)c1. The Balaban J connectivity index is 1.50. The van der Waals surface area contributed by atoms with Crippen LogP contribution in [-0.4, -0.2) is 42.5 Å². The number of phenolic OH excluding ortho intramolecular Hbond substituents is 1. The van der Waals surface area contributed by atoms with Crippen LogP contribution in [0.3, 0.4) is 0 Å². The van der Waals surface area contributed by atoms with Crippen molar-refractivity contribution in [2.75, 3.05) is 20.3 Å². The molecule has 0 amide bonds. The minimum Gasteiger partial charge on any atom is -0.507 e. The summed E-state index contributed by atoms with van der Waals surface area (Å²) in [5.41, 5.74) is 3.72. The molecule has 1 aliphatic heterocycles. The van der Waals surface area contributed by atoms with Gasteiger partial charge in [-0.05, 0) is 42.0 Å². The fourth-order valence-corrected chi connectivity index (χ4v) is 4.14. The first kappa shape index (κ1) is 22.4. The van der Waals surface area contributed by atoms with E-state index in [1.165, 1.54) is 13.2 Å². The highest BCUT2D eigenvalue weighted by Gasteiger charge is 2.19. The smallest absolute Gasteiger partial charge is 0.337 e. The van der Waals surface area contributed by atoms with Gasteiger partial charge in [0.15, 0.2) is 5.58 Å². The van der Waals surface area contributed by atoms with Gasteiger partial charge in [-0.1, -0.05) is 6.07 Å². The Morgan fingerprint density at radius 3 is 2.69 bits per heavy atom. The molecule has 2 aromatic carbocycles. The number of methoxy groups -OCH3 is 1. The minimum atomic E-state index is -0.544. The largest absolute Gasteiger partial charge is 0.507 e. The number of furan rings is 1. The van der Waals surface area contributed by atoms with Crippen molar-refractivity contribution in [3.05, 3.63) is 65.9 Å². The molecule has 8 nitrogen and oxygen atoms in total. The number of carbonyl (C=O) groups is 1. The Hall–Kier alpha value is -4.35. The van der Waals surface area contributed by atoms with Crippen LogP contribution in [0.2, 0.25) is 0 Å². The van der Waals surface area contributed by atoms with Crippen molar-refractivity contribution in [1.82, 2.24) is 4.98 Å². The van der Waals surface area contributed by atoms with Crippen LogP contribution in [0.1, 0.15) is 28.8 Å². The third-order valence-electron chi connectivity index (χ3n) is 5.97. The van der Waals surface area contributed by atoms with E-state index in [1.807, 2.05) is 12.1 Å². The van der Waals surface area contributed by atoms with E-state index in [0.29, 0.717) is 47.0 Å². The molecule has 0 spiro atoms. The highest BCUT2D eigenvalue weighted by Crippen LogP contribution is 2.38. The van der Waals surface area contributed by atoms with Crippen molar-refractivity contribution in [3.8, 4) is 40.0 Å². The highest BCUT2D eigenvalue weighted by molar-refractivity contribution is 5.94. The molecule has 1 N–H and O–H groups in total. The maximum atomic E-state index is 11.7. The predicted octanol–water partition coefficient (Wildman–Crippen LogP) is 5.08. The molecule has 0 unspecified atom stereocenters. The molecule has 0 atom stereocenters. The van der Waals surface area contributed by atoms with E-state index in [0.717, 1.165) is 24.0 Å². The molecule has 5 rings (SSSR count). The summed E-state index contributed by atoms with van der Waals surface area (Å²) < 4.78 is 22.2. The van der Waals surface area contributed by atoms with Gasteiger partial charge in [-0.25, -0.2) is 4.79 Å². The van der Waals surface area contributed by atoms with Gasteiger partial charge in [0.05, 0.1) is 37.0 Å². The average Bonchev–Trinajstić information content (AvgIpc) is 3.33. The standard InChI is InChI=1S/C27H22N2O6/c1-32-27(31)17-2-4-21(23(30)13-17)25-14-22-26(35-25)20(6-9-29-22)16-3-5-24(18(12-16)15-28)34-19-7-10-33-11-8-19/h2-6,9,12-14,19,30H,7-8,10-11H2,1H3. The van der Waals surface area contributed by atoms with Crippen LogP contribution in [0.4, 0.5) is 0 Å². The van der Waals surface area contributed by atoms with Gasteiger partial charge in [-0.2, -0.15) is 5.26 Å². The lowest BCUT2D eigenvalue weighted by molar-refractivity contribution is 0.0254. The Bertz CT molecular complexity index is 1450. The first-order valence-corrected chi connectivity index (χ1v) is 11.2. The maximum absolute atomic E-state index is 11.7. The zero-order valence-electron chi connectivity index (χ0n) is 19.0. The molecule has 2 aromatic heterocycles. The van der Waals surface area contributed by atoms with Crippen molar-refractivity contribution in [2.24, 2.45) is 0 Å². The van der Waals surface area contributed by atoms with E-state index >= 15 is 0 Å². The van der Waals surface area contributed by atoms with Gasteiger partial charge in [-0.3, -0.25) is 4.98 Å². The highest BCUT2D eigenvalue weighted by atomic mass is 16.5. The third kappa shape index (κ3) is 4.42. The molecule has 4 aromatic rings. The number of benzene rings is 2. The molecule has 1 fully saturated rings. The summed E-state index contributed by atoms with van der Waals surface area (Å²) in [5.74, 6) is 0.283. The van der Waals surface area contributed by atoms with Crippen LogP contribution < -0.4 is 4.74 Å². The quantitative estimate of drug-likeness (QED) is 0.402. The second-order valence-corrected chi connectivity index (χ2v) is 8.16. The first-order chi connectivity index (χ1) is 17.1. The Morgan fingerprint density at radius 1 is 1.11 bits per heavy atom. The van der Waals surface area contributed by atoms with Crippen molar-refractivity contribution in [2.45, 2.75) is 18.9 Å². The number of aromatic nitrogens is 1. The monoisotopic (exact) mass is 470 g/mol. The molecule has 0 aliphatic carbocycles. The molecule has 1 aliphatic rings. The Kier molecular flexibility index (Phi) is 6.08. The summed E-state index contributed by atoms with van der Waals surface area (Å²) in [6.07, 6.45) is 3.27. The molecule has 176 valence electrons. The van der Waals surface area contributed by atoms with Gasteiger partial charge < -0.3 is 23.7 Å². The molecule has 1 saturated heterocycles. The summed E-state index contributed by atoms with van der Waals surface area (Å²) in [5, 5.41) is 20.2. The van der Waals surface area contributed by atoms with Crippen molar-refractivity contribution in [1.29, 1.82) is 5.26 Å². The van der Waals surface area contributed by atoms with E-state index in [2.05, 4.69) is 11.1 Å². The number of rotatable bonds is 5. The van der Waals surface area contributed by atoms with E-state index in [1.54, 1.807) is 36.5 Å². The summed E-state index contributed by atoms with van der Waals surface area (Å²) in [6, 6.07) is 15.7. The molecular weight excluding hydrogens is 448 g/mol. The number of pyridine rings is 1. The van der Waals surface area contributed by atoms with Gasteiger partial charge in [-0.15, -0.1) is 0 Å². The average molecular weight is 470 g/mol. The van der Waals surface area contributed by atoms with E-state index in [9.17, 15) is 15.2 Å². The van der Waals surface area contributed by atoms with Gasteiger partial charge in [0.25, 0.3) is 0 Å². The molecule has 35 heavy (non-hydrogen) atoms. The molecule has 0 saturated carbocycles. The molecule has 3 heterocycles. The third-order valence-corrected chi connectivity index (χ3v) is 5.97. The number of hydrogen-bond donors (Lipinski definition) is 1. The lowest BCUT2D eigenvalue weighted by Gasteiger charge is -2.23. The van der Waals surface area contributed by atoms with Crippen molar-refractivity contribution in [3.63, 3.8) is 0 Å². The number of carbonyl (C=O) groups excluding carboxylic acids is 1. The van der Waals surface area contributed by atoms with Crippen LogP contribution in [0.15, 0.2) is 59.1 Å². The number of esters is 1. The van der Waals surface area contributed by atoms with Gasteiger partial charge in [0.1, 0.15) is 34.9 Å². The topological polar surface area (TPSA) is 115 Å². The van der Waals surface area contributed by atoms with Crippen molar-refractivity contribution < 1.29 is 28.5 Å². The van der Waals surface area contributed by atoms with Crippen LogP contribution in [0.25, 0.3) is 33.6 Å². The molecular formula is C27H22N2O6. The lowest BCUT2D eigenvalue weighted by atomic mass is 10.0. The Labute approximate surface area is 201 Å². The fourth-order valence-electron chi connectivity index (χ4n) is 4.14. The number of ether oxygens (including phenoxy) is 3. The molecule has 8 heteroatoms. The van der Waals surface area contributed by atoms with E-state index in [-0.39, 0.29) is 17.4 Å². The number of hydrogen-bond acceptors (Lipinski definition) is 8. The maximum Gasteiger partial charge on any atom is 0.337 e. The van der Waals surface area contributed by atoms with Crippen LogP contribution in [0.5, 0.6) is 11.5 Å². The van der Waals surface area contributed by atoms with Crippen LogP contribution in [-0.2, 0) is 9.47 Å². The fraction of sp³-hybridized carbons (Fsp3) is 0.222. The normalized spacial score (nSPS) is 13.9. The minimum absolute atomic E-state index is 0.0280. The number of aromatic hydroxyl groups is 1. The summed E-state index contributed by atoms with van der Waals surface area (Å²) in [7, 11) is 1.28. The zero-order valence-corrected chi connectivity index (χ0v) is 19.0. The van der Waals surface area contributed by atoms with Gasteiger partial charge >= 0.3 is 5.97 Å². The number of nitriles is 1. The summed E-state index contributed by atoms with van der Waals surface area (Å²) >= 11 is 0. The van der Waals surface area contributed by atoms with Crippen LogP contribution in [0, 0.1) is 11.3 Å². The summed E-state index contributed by atoms with van der Waals surface area (Å²) in [6.45, 7) is 1.31. The number of nitrogens with zero attached hydrogens (tertiary/aromatic N) is 2. The number of phenols is 1. The zero-order chi connectivity index (χ0) is 24.4. The summed E-state index contributed by atoms with van der Waals surface area (Å²) in [4.78, 5) is 16.1. The van der Waals surface area contributed by atoms with Crippen molar-refractivity contribution >= 4 is 17.1 Å². The molecule has 0 radical (unpaired) electrons.